The molecular formula is C24H20N4O6. The zero-order valence-electron chi connectivity index (χ0n) is 18.6. The Hall–Kier alpha value is -4.47. The lowest BCUT2D eigenvalue weighted by molar-refractivity contribution is -0.419. The number of nitro benzene ring substituents is 2. The van der Waals surface area contributed by atoms with Gasteiger partial charge in [-0.05, 0) is 35.6 Å². The minimum Gasteiger partial charge on any atom is -0.258 e. The van der Waals surface area contributed by atoms with Crippen LogP contribution in [-0.2, 0) is 0 Å². The number of para-hydroxylation sites is 1. The molecule has 0 saturated carbocycles. The van der Waals surface area contributed by atoms with Gasteiger partial charge in [0.2, 0.25) is 0 Å². The van der Waals surface area contributed by atoms with Gasteiger partial charge in [0.05, 0.1) is 43.4 Å². The predicted octanol–water partition coefficient (Wildman–Crippen LogP) is 6.13. The van der Waals surface area contributed by atoms with E-state index < -0.39 is 26.1 Å². The molecule has 172 valence electrons. The lowest BCUT2D eigenvalue weighted by atomic mass is 9.86. The van der Waals surface area contributed by atoms with Crippen molar-refractivity contribution in [1.29, 1.82) is 0 Å². The molecule has 4 rings (SSSR count). The highest BCUT2D eigenvalue weighted by atomic mass is 16.6. The number of non-ortho nitro benzene ring substituents is 1. The number of allylic oxidation sites excluding steroid dienone is 4. The van der Waals surface area contributed by atoms with Gasteiger partial charge in [-0.2, -0.15) is 0 Å². The molecule has 0 amide bonds. The molecule has 2 aliphatic rings. The van der Waals surface area contributed by atoms with Crippen LogP contribution in [0.25, 0.3) is 11.6 Å². The molecule has 0 fully saturated rings. The van der Waals surface area contributed by atoms with E-state index in [1.54, 1.807) is 13.0 Å². The molecule has 0 heterocycles. The summed E-state index contributed by atoms with van der Waals surface area (Å²) in [6.07, 6.45) is 3.20. The fourth-order valence-electron chi connectivity index (χ4n) is 4.35. The van der Waals surface area contributed by atoms with E-state index in [1.165, 1.54) is 12.1 Å². The quantitative estimate of drug-likeness (QED) is 0.375. The number of fused-ring (bicyclic) bond motifs is 3. The van der Waals surface area contributed by atoms with Crippen molar-refractivity contribution in [3.8, 4) is 0 Å². The van der Waals surface area contributed by atoms with Gasteiger partial charge in [0.25, 0.3) is 17.1 Å². The van der Waals surface area contributed by atoms with E-state index in [9.17, 15) is 30.3 Å². The summed E-state index contributed by atoms with van der Waals surface area (Å²) >= 11 is 0. The molecule has 0 spiro atoms. The third-order valence-corrected chi connectivity index (χ3v) is 5.87. The molecule has 0 aliphatic heterocycles. The average Bonchev–Trinajstić information content (AvgIpc) is 3.16. The predicted molar refractivity (Wildman–Crippen MR) is 128 cm³/mol. The van der Waals surface area contributed by atoms with Crippen LogP contribution < -0.4 is 0 Å². The average molecular weight is 460 g/mol. The van der Waals surface area contributed by atoms with Gasteiger partial charge in [-0.25, -0.2) is 4.99 Å². The van der Waals surface area contributed by atoms with Gasteiger partial charge >= 0.3 is 0 Å². The van der Waals surface area contributed by atoms with Gasteiger partial charge < -0.3 is 0 Å². The van der Waals surface area contributed by atoms with Gasteiger partial charge in [-0.3, -0.25) is 30.3 Å². The number of rotatable bonds is 6. The summed E-state index contributed by atoms with van der Waals surface area (Å²) in [6, 6.07) is 9.57. The molecule has 0 aromatic heterocycles. The Morgan fingerprint density at radius 2 is 1.62 bits per heavy atom. The van der Waals surface area contributed by atoms with Crippen molar-refractivity contribution < 1.29 is 14.8 Å². The van der Waals surface area contributed by atoms with E-state index in [-0.39, 0.29) is 28.3 Å². The maximum absolute atomic E-state index is 12.0. The van der Waals surface area contributed by atoms with Crippen molar-refractivity contribution in [3.63, 3.8) is 0 Å². The zero-order valence-corrected chi connectivity index (χ0v) is 18.6. The molecule has 0 unspecified atom stereocenters. The largest absolute Gasteiger partial charge is 0.284 e. The number of nitrogens with zero attached hydrogens (tertiary/aromatic N) is 4. The van der Waals surface area contributed by atoms with Gasteiger partial charge in [-0.1, -0.05) is 39.0 Å². The number of nitro groups is 3. The highest BCUT2D eigenvalue weighted by Crippen LogP contribution is 2.48. The summed E-state index contributed by atoms with van der Waals surface area (Å²) in [7, 11) is 0. The molecule has 2 aromatic carbocycles. The van der Waals surface area contributed by atoms with Gasteiger partial charge in [0.15, 0.2) is 0 Å². The van der Waals surface area contributed by atoms with Crippen LogP contribution in [0.15, 0.2) is 64.3 Å². The molecular weight excluding hydrogens is 440 g/mol. The smallest absolute Gasteiger partial charge is 0.258 e. The molecule has 0 atom stereocenters. The fourth-order valence-corrected chi connectivity index (χ4v) is 4.35. The topological polar surface area (TPSA) is 142 Å². The normalized spacial score (nSPS) is 15.7. The van der Waals surface area contributed by atoms with Crippen LogP contribution in [0.2, 0.25) is 0 Å². The van der Waals surface area contributed by atoms with Crippen LogP contribution in [0.1, 0.15) is 49.8 Å². The van der Waals surface area contributed by atoms with Crippen LogP contribution in [0.5, 0.6) is 0 Å². The van der Waals surface area contributed by atoms with Crippen molar-refractivity contribution in [2.45, 2.75) is 33.1 Å². The molecule has 0 radical (unpaired) electrons. The van der Waals surface area contributed by atoms with Gasteiger partial charge in [0, 0.05) is 23.3 Å². The minimum atomic E-state index is -0.709. The number of aliphatic imine (C=N–C) groups is 1. The van der Waals surface area contributed by atoms with Crippen LogP contribution >= 0.6 is 0 Å². The highest BCUT2D eigenvalue weighted by molar-refractivity contribution is 6.29. The van der Waals surface area contributed by atoms with E-state index >= 15 is 0 Å². The third kappa shape index (κ3) is 3.68. The summed E-state index contributed by atoms with van der Waals surface area (Å²) < 4.78 is 0. The minimum absolute atomic E-state index is 0.116. The Kier molecular flexibility index (Phi) is 5.66. The molecule has 2 aliphatic carbocycles. The monoisotopic (exact) mass is 460 g/mol. The summed E-state index contributed by atoms with van der Waals surface area (Å²) in [6.45, 7) is 5.80. The van der Waals surface area contributed by atoms with Crippen LogP contribution in [0.4, 0.5) is 17.1 Å². The summed E-state index contributed by atoms with van der Waals surface area (Å²) in [5, 5.41) is 35.1. The highest BCUT2D eigenvalue weighted by Gasteiger charge is 2.39. The molecule has 2 aromatic rings. The molecule has 10 heteroatoms. The fraction of sp³-hybridized carbons (Fsp3) is 0.208. The molecule has 0 N–H and O–H groups in total. The number of hydrogen-bond acceptors (Lipinski definition) is 7. The zero-order chi connectivity index (χ0) is 24.7. The summed E-state index contributed by atoms with van der Waals surface area (Å²) in [5.41, 5.74) is 2.32. The van der Waals surface area contributed by atoms with Crippen molar-refractivity contribution in [2.24, 2.45) is 4.99 Å². The number of hydrogen-bond donors (Lipinski definition) is 0. The van der Waals surface area contributed by atoms with E-state index in [4.69, 9.17) is 4.99 Å². The Labute approximate surface area is 194 Å². The Bertz CT molecular complexity index is 1400. The standard InChI is InChI=1S/C24H20N4O6/c1-4-16-21(27(31)32)12-18-19(24(16)25-20-8-6-5-7-17(20)13(2)3)10-14-9-15(26(29)30)11-22(23(14)18)28(33)34/h5-13H,4H2,1-3H3. The Balaban J connectivity index is 2.05. The first-order valence-corrected chi connectivity index (χ1v) is 10.6. The third-order valence-electron chi connectivity index (χ3n) is 5.87. The lowest BCUT2D eigenvalue weighted by Gasteiger charge is -2.19. The van der Waals surface area contributed by atoms with Crippen molar-refractivity contribution in [2.75, 3.05) is 0 Å². The first-order valence-electron chi connectivity index (χ1n) is 10.6. The van der Waals surface area contributed by atoms with E-state index in [1.807, 2.05) is 38.1 Å². The summed E-state index contributed by atoms with van der Waals surface area (Å²) in [5.74, 6) is 0.140. The lowest BCUT2D eigenvalue weighted by Crippen LogP contribution is -2.17. The maximum Gasteiger partial charge on any atom is 0.284 e. The van der Waals surface area contributed by atoms with Crippen LogP contribution in [0, 0.1) is 30.3 Å². The Morgan fingerprint density at radius 3 is 2.21 bits per heavy atom. The maximum atomic E-state index is 12.0. The van der Waals surface area contributed by atoms with Crippen molar-refractivity contribution in [1.82, 2.24) is 0 Å². The number of benzene rings is 2. The second kappa shape index (κ2) is 8.47. The second-order valence-electron chi connectivity index (χ2n) is 8.21. The first kappa shape index (κ1) is 22.7. The summed E-state index contributed by atoms with van der Waals surface area (Å²) in [4.78, 5) is 38.0. The van der Waals surface area contributed by atoms with Crippen molar-refractivity contribution >= 4 is 34.4 Å². The molecule has 10 nitrogen and oxygen atoms in total. The molecule has 0 bridgehead atoms. The van der Waals surface area contributed by atoms with E-state index in [0.29, 0.717) is 29.0 Å². The molecule has 0 saturated heterocycles. The molecule has 34 heavy (non-hydrogen) atoms. The Morgan fingerprint density at radius 1 is 0.912 bits per heavy atom. The van der Waals surface area contributed by atoms with Gasteiger partial charge in [-0.15, -0.1) is 0 Å². The van der Waals surface area contributed by atoms with Crippen molar-refractivity contribution in [3.05, 3.63) is 106 Å². The van der Waals surface area contributed by atoms with Crippen LogP contribution in [-0.4, -0.2) is 20.5 Å². The first-order chi connectivity index (χ1) is 16.1. The van der Waals surface area contributed by atoms with Gasteiger partial charge in [0.1, 0.15) is 0 Å². The second-order valence-corrected chi connectivity index (χ2v) is 8.21. The SMILES string of the molecule is CCC1=C([N+](=O)[O-])C=C2C(=Cc3cc([N+](=O)[O-])cc([N+](=O)[O-])c32)C1=Nc1ccccc1C(C)C. The van der Waals surface area contributed by atoms with E-state index in [0.717, 1.165) is 11.6 Å². The van der Waals surface area contributed by atoms with Crippen LogP contribution in [0.3, 0.4) is 0 Å². The van der Waals surface area contributed by atoms with E-state index in [2.05, 4.69) is 0 Å².